The molecule has 0 bridgehead atoms. The van der Waals surface area contributed by atoms with Crippen LogP contribution >= 0.6 is 0 Å². The molecule has 0 saturated carbocycles. The van der Waals surface area contributed by atoms with E-state index in [1.54, 1.807) is 0 Å². The van der Waals surface area contributed by atoms with Crippen molar-refractivity contribution in [3.63, 3.8) is 0 Å². The van der Waals surface area contributed by atoms with Gasteiger partial charge in [-0.15, -0.1) is 0 Å². The summed E-state index contributed by atoms with van der Waals surface area (Å²) in [6.07, 6.45) is 1.38. The molecule has 2 rings (SSSR count). The molecule has 1 aromatic heterocycles. The summed E-state index contributed by atoms with van der Waals surface area (Å²) in [6.45, 7) is 3.90. The van der Waals surface area contributed by atoms with E-state index in [1.165, 1.54) is 6.33 Å². The minimum atomic E-state index is -0.415. The van der Waals surface area contributed by atoms with Gasteiger partial charge in [0.2, 0.25) is 0 Å². The number of hydrogen-bond acceptors (Lipinski definition) is 4. The fourth-order valence-corrected chi connectivity index (χ4v) is 1.54. The SMILES string of the molecule is Cc1ncnc(C(=O)OCc2ccccc2)c1C. The Labute approximate surface area is 106 Å². The quantitative estimate of drug-likeness (QED) is 0.776. The number of ether oxygens (including phenoxy) is 1. The van der Waals surface area contributed by atoms with Crippen LogP contribution in [-0.4, -0.2) is 15.9 Å². The van der Waals surface area contributed by atoms with E-state index in [0.717, 1.165) is 16.8 Å². The molecule has 4 nitrogen and oxygen atoms in total. The Morgan fingerprint density at radius 1 is 1.17 bits per heavy atom. The number of carbonyl (C=O) groups excluding carboxylic acids is 1. The van der Waals surface area contributed by atoms with E-state index in [4.69, 9.17) is 4.74 Å². The first-order valence-corrected chi connectivity index (χ1v) is 5.67. The highest BCUT2D eigenvalue weighted by molar-refractivity contribution is 5.88. The van der Waals surface area contributed by atoms with Crippen LogP contribution in [0.25, 0.3) is 0 Å². The third-order valence-electron chi connectivity index (χ3n) is 2.74. The van der Waals surface area contributed by atoms with Crippen LogP contribution in [0, 0.1) is 13.8 Å². The van der Waals surface area contributed by atoms with Gasteiger partial charge in [-0.2, -0.15) is 0 Å². The van der Waals surface area contributed by atoms with Crippen molar-refractivity contribution in [3.8, 4) is 0 Å². The smallest absolute Gasteiger partial charge is 0.357 e. The van der Waals surface area contributed by atoms with Crippen molar-refractivity contribution >= 4 is 5.97 Å². The molecule has 92 valence electrons. The highest BCUT2D eigenvalue weighted by Gasteiger charge is 2.14. The molecule has 2 aromatic rings. The molecular formula is C14H14N2O2. The van der Waals surface area contributed by atoms with E-state index >= 15 is 0 Å². The van der Waals surface area contributed by atoms with Crippen molar-refractivity contribution in [2.45, 2.75) is 20.5 Å². The van der Waals surface area contributed by atoms with Crippen LogP contribution in [0.5, 0.6) is 0 Å². The zero-order chi connectivity index (χ0) is 13.0. The molecule has 4 heteroatoms. The third kappa shape index (κ3) is 2.71. The summed E-state index contributed by atoms with van der Waals surface area (Å²) in [5.74, 6) is -0.415. The van der Waals surface area contributed by atoms with Gasteiger partial charge in [-0.1, -0.05) is 30.3 Å². The van der Waals surface area contributed by atoms with E-state index in [2.05, 4.69) is 9.97 Å². The van der Waals surface area contributed by atoms with Gasteiger partial charge in [-0.25, -0.2) is 14.8 Å². The van der Waals surface area contributed by atoms with E-state index in [1.807, 2.05) is 44.2 Å². The number of esters is 1. The Kier molecular flexibility index (Phi) is 3.67. The maximum atomic E-state index is 11.9. The van der Waals surface area contributed by atoms with Crippen LogP contribution < -0.4 is 0 Å². The van der Waals surface area contributed by atoms with Crippen molar-refractivity contribution in [2.24, 2.45) is 0 Å². The normalized spacial score (nSPS) is 10.1. The summed E-state index contributed by atoms with van der Waals surface area (Å²) in [5, 5.41) is 0. The van der Waals surface area contributed by atoms with Crippen LogP contribution in [0.1, 0.15) is 27.3 Å². The lowest BCUT2D eigenvalue weighted by Crippen LogP contribution is -2.11. The molecule has 0 aliphatic rings. The summed E-state index contributed by atoms with van der Waals surface area (Å²) < 4.78 is 5.22. The highest BCUT2D eigenvalue weighted by Crippen LogP contribution is 2.10. The zero-order valence-corrected chi connectivity index (χ0v) is 10.4. The summed E-state index contributed by atoms with van der Waals surface area (Å²) in [7, 11) is 0. The number of rotatable bonds is 3. The highest BCUT2D eigenvalue weighted by atomic mass is 16.5. The number of carbonyl (C=O) groups is 1. The molecule has 0 unspecified atom stereocenters. The van der Waals surface area contributed by atoms with Crippen LogP contribution in [-0.2, 0) is 11.3 Å². The van der Waals surface area contributed by atoms with E-state index in [-0.39, 0.29) is 6.61 Å². The maximum absolute atomic E-state index is 11.9. The first-order chi connectivity index (χ1) is 8.68. The molecule has 1 heterocycles. The minimum absolute atomic E-state index is 0.252. The lowest BCUT2D eigenvalue weighted by molar-refractivity contribution is 0.0464. The van der Waals surface area contributed by atoms with E-state index in [9.17, 15) is 4.79 Å². The van der Waals surface area contributed by atoms with Crippen molar-refractivity contribution in [1.82, 2.24) is 9.97 Å². The Bertz CT molecular complexity index is 553. The van der Waals surface area contributed by atoms with Crippen LogP contribution in [0.2, 0.25) is 0 Å². The van der Waals surface area contributed by atoms with E-state index in [0.29, 0.717) is 5.69 Å². The Balaban J connectivity index is 2.07. The second-order valence-electron chi connectivity index (χ2n) is 3.99. The molecule has 0 N–H and O–H groups in total. The van der Waals surface area contributed by atoms with Gasteiger partial charge in [-0.3, -0.25) is 0 Å². The summed E-state index contributed by atoms with van der Waals surface area (Å²) in [5.41, 5.74) is 2.83. The number of aromatic nitrogens is 2. The van der Waals surface area contributed by atoms with Gasteiger partial charge in [0.15, 0.2) is 5.69 Å². The molecule has 0 fully saturated rings. The minimum Gasteiger partial charge on any atom is -0.456 e. The van der Waals surface area contributed by atoms with Gasteiger partial charge in [0.1, 0.15) is 12.9 Å². The molecule has 18 heavy (non-hydrogen) atoms. The van der Waals surface area contributed by atoms with Crippen molar-refractivity contribution in [1.29, 1.82) is 0 Å². The Hall–Kier alpha value is -2.23. The summed E-state index contributed by atoms with van der Waals surface area (Å²) >= 11 is 0. The second kappa shape index (κ2) is 5.40. The average molecular weight is 242 g/mol. The molecule has 0 aliphatic heterocycles. The first kappa shape index (κ1) is 12.2. The lowest BCUT2D eigenvalue weighted by Gasteiger charge is -2.07. The summed E-state index contributed by atoms with van der Waals surface area (Å²) in [6, 6.07) is 9.55. The van der Waals surface area contributed by atoms with Gasteiger partial charge in [0.25, 0.3) is 0 Å². The number of hydrogen-bond donors (Lipinski definition) is 0. The predicted octanol–water partition coefficient (Wildman–Crippen LogP) is 2.45. The Morgan fingerprint density at radius 2 is 1.89 bits per heavy atom. The van der Waals surface area contributed by atoms with Gasteiger partial charge in [0.05, 0.1) is 0 Å². The van der Waals surface area contributed by atoms with Crippen LogP contribution in [0.4, 0.5) is 0 Å². The maximum Gasteiger partial charge on any atom is 0.357 e. The first-order valence-electron chi connectivity index (χ1n) is 5.67. The van der Waals surface area contributed by atoms with Crippen molar-refractivity contribution in [3.05, 3.63) is 59.2 Å². The van der Waals surface area contributed by atoms with E-state index < -0.39 is 5.97 Å². The molecular weight excluding hydrogens is 228 g/mol. The standard InChI is InChI=1S/C14H14N2O2/c1-10-11(2)15-9-16-13(10)14(17)18-8-12-6-4-3-5-7-12/h3-7,9H,8H2,1-2H3. The van der Waals surface area contributed by atoms with Gasteiger partial charge < -0.3 is 4.74 Å². The summed E-state index contributed by atoms with van der Waals surface area (Å²) in [4.78, 5) is 19.9. The second-order valence-corrected chi connectivity index (χ2v) is 3.99. The monoisotopic (exact) mass is 242 g/mol. The van der Waals surface area contributed by atoms with Gasteiger partial charge >= 0.3 is 5.97 Å². The number of nitrogens with zero attached hydrogens (tertiary/aromatic N) is 2. The molecule has 1 aromatic carbocycles. The largest absolute Gasteiger partial charge is 0.456 e. The lowest BCUT2D eigenvalue weighted by atomic mass is 10.2. The number of benzene rings is 1. The molecule has 0 radical (unpaired) electrons. The topological polar surface area (TPSA) is 52.1 Å². The Morgan fingerprint density at radius 3 is 2.61 bits per heavy atom. The molecule has 0 aliphatic carbocycles. The van der Waals surface area contributed by atoms with Crippen molar-refractivity contribution in [2.75, 3.05) is 0 Å². The fourth-order valence-electron chi connectivity index (χ4n) is 1.54. The van der Waals surface area contributed by atoms with Gasteiger partial charge in [-0.05, 0) is 19.4 Å². The molecule has 0 spiro atoms. The van der Waals surface area contributed by atoms with Crippen LogP contribution in [0.3, 0.4) is 0 Å². The number of aryl methyl sites for hydroxylation is 1. The van der Waals surface area contributed by atoms with Crippen molar-refractivity contribution < 1.29 is 9.53 Å². The average Bonchev–Trinajstić information content (AvgIpc) is 2.40. The third-order valence-corrected chi connectivity index (χ3v) is 2.74. The molecule has 0 saturated heterocycles. The zero-order valence-electron chi connectivity index (χ0n) is 10.4. The molecule has 0 atom stereocenters. The van der Waals surface area contributed by atoms with Crippen LogP contribution in [0.15, 0.2) is 36.7 Å². The van der Waals surface area contributed by atoms with Gasteiger partial charge in [0, 0.05) is 11.3 Å². The molecule has 0 amide bonds. The predicted molar refractivity (Wildman–Crippen MR) is 67.1 cm³/mol. The fraction of sp³-hybridized carbons (Fsp3) is 0.214.